The molecule has 2 bridgehead atoms. The molecule has 4 fully saturated rings. The van der Waals surface area contributed by atoms with Crippen LogP contribution in [-0.4, -0.2) is 98.6 Å². The molecule has 15 nitrogen and oxygen atoms in total. The average molecular weight is 708 g/mol. The van der Waals surface area contributed by atoms with Crippen LogP contribution >= 0.6 is 0 Å². The van der Waals surface area contributed by atoms with Crippen LogP contribution in [0.1, 0.15) is 54.2 Å². The Hall–Kier alpha value is -5.35. The lowest BCUT2D eigenvalue weighted by molar-refractivity contribution is -0.182. The Balaban J connectivity index is 1.21. The summed E-state index contributed by atoms with van der Waals surface area (Å²) in [6, 6.07) is 3.28. The summed E-state index contributed by atoms with van der Waals surface area (Å²) in [6.07, 6.45) is 2.39. The molecule has 0 unspecified atom stereocenters. The average Bonchev–Trinajstić information content (AvgIpc) is 3.55. The van der Waals surface area contributed by atoms with Crippen molar-refractivity contribution in [2.24, 2.45) is 5.41 Å². The number of piperazine rings is 1. The van der Waals surface area contributed by atoms with Gasteiger partial charge in [-0.15, -0.1) is 15.0 Å². The molecule has 3 aliphatic carbocycles. The van der Waals surface area contributed by atoms with Crippen LogP contribution in [-0.2, 0) is 17.8 Å². The summed E-state index contributed by atoms with van der Waals surface area (Å²) in [6.45, 7) is 4.27. The summed E-state index contributed by atoms with van der Waals surface area (Å²) < 4.78 is 38.4. The number of amides is 2. The van der Waals surface area contributed by atoms with E-state index in [0.29, 0.717) is 54.2 Å². The number of aromatic amines is 1. The largest absolute Gasteiger partial charge is 0.482 e. The number of nitrogens with zero attached hydrogens (tertiary/aromatic N) is 7. The predicted octanol–water partition coefficient (Wildman–Crippen LogP) is 2.21. The van der Waals surface area contributed by atoms with Gasteiger partial charge in [-0.1, -0.05) is 6.92 Å². The van der Waals surface area contributed by atoms with Crippen molar-refractivity contribution < 1.29 is 27.8 Å². The SMILES string of the molecule is CCc1c(N2CCN(C(=O)c3c(OC)[nH]cc(C)c3=O)CC2)c(=O)c2nn(-c3ccnc(OC)c3)nc2n1CC(=O)NC12CC(CC(F)F)(C1)C2. The number of pyridine rings is 3. The van der Waals surface area contributed by atoms with Gasteiger partial charge in [-0.3, -0.25) is 19.2 Å². The molecule has 0 radical (unpaired) electrons. The molecule has 270 valence electrons. The summed E-state index contributed by atoms with van der Waals surface area (Å²) in [5.41, 5.74) is 0.248. The number of H-pyrrole nitrogens is 1. The van der Waals surface area contributed by atoms with Crippen molar-refractivity contribution in [3.8, 4) is 17.4 Å². The van der Waals surface area contributed by atoms with E-state index >= 15 is 0 Å². The quantitative estimate of drug-likeness (QED) is 0.236. The third-order valence-corrected chi connectivity index (χ3v) is 10.3. The first kappa shape index (κ1) is 34.1. The molecule has 0 spiro atoms. The van der Waals surface area contributed by atoms with Gasteiger partial charge >= 0.3 is 0 Å². The fourth-order valence-corrected chi connectivity index (χ4v) is 8.14. The van der Waals surface area contributed by atoms with E-state index in [1.54, 1.807) is 28.5 Å². The normalized spacial score (nSPS) is 21.0. The molecule has 2 N–H and O–H groups in total. The van der Waals surface area contributed by atoms with E-state index < -0.39 is 28.7 Å². The van der Waals surface area contributed by atoms with Crippen molar-refractivity contribution in [2.45, 2.75) is 64.5 Å². The van der Waals surface area contributed by atoms with Crippen molar-refractivity contribution in [3.05, 3.63) is 61.8 Å². The molecule has 4 aromatic rings. The maximum atomic E-state index is 14.3. The van der Waals surface area contributed by atoms with Crippen molar-refractivity contribution >= 4 is 28.7 Å². The minimum atomic E-state index is -2.38. The molecule has 2 amide bonds. The van der Waals surface area contributed by atoms with E-state index in [-0.39, 0.29) is 73.1 Å². The van der Waals surface area contributed by atoms with Gasteiger partial charge in [0.1, 0.15) is 17.8 Å². The molecular formula is C34H39F2N9O6. The van der Waals surface area contributed by atoms with E-state index in [2.05, 4.69) is 25.5 Å². The Morgan fingerprint density at radius 1 is 1.06 bits per heavy atom. The lowest BCUT2D eigenvalue weighted by Crippen LogP contribution is -2.75. The van der Waals surface area contributed by atoms with Crippen LogP contribution in [0, 0.1) is 12.3 Å². The molecular weight excluding hydrogens is 668 g/mol. The van der Waals surface area contributed by atoms with Crippen molar-refractivity contribution in [1.29, 1.82) is 0 Å². The highest BCUT2D eigenvalue weighted by Gasteiger charge is 2.68. The van der Waals surface area contributed by atoms with E-state index in [1.165, 1.54) is 31.4 Å². The number of hydrogen-bond donors (Lipinski definition) is 2. The highest BCUT2D eigenvalue weighted by molar-refractivity contribution is 5.96. The topological polar surface area (TPSA) is 170 Å². The number of halogens is 2. The summed E-state index contributed by atoms with van der Waals surface area (Å²) in [5, 5.41) is 12.3. The third-order valence-electron chi connectivity index (χ3n) is 10.3. The fourth-order valence-electron chi connectivity index (χ4n) is 8.14. The molecule has 4 aliphatic rings. The van der Waals surface area contributed by atoms with Crippen molar-refractivity contribution in [3.63, 3.8) is 0 Å². The van der Waals surface area contributed by atoms with Gasteiger partial charge in [-0.25, -0.2) is 13.8 Å². The lowest BCUT2D eigenvalue weighted by atomic mass is 9.38. The minimum absolute atomic E-state index is 0.0433. The van der Waals surface area contributed by atoms with Gasteiger partial charge in [0.25, 0.3) is 5.91 Å². The number of carbonyl (C=O) groups is 2. The van der Waals surface area contributed by atoms with Gasteiger partial charge < -0.3 is 34.1 Å². The number of aromatic nitrogens is 6. The van der Waals surface area contributed by atoms with E-state index in [9.17, 15) is 28.0 Å². The lowest BCUT2D eigenvalue weighted by Gasteiger charge is -2.70. The maximum absolute atomic E-state index is 14.3. The monoisotopic (exact) mass is 707 g/mol. The summed E-state index contributed by atoms with van der Waals surface area (Å²) >= 11 is 0. The Morgan fingerprint density at radius 2 is 1.78 bits per heavy atom. The molecule has 5 heterocycles. The van der Waals surface area contributed by atoms with Crippen LogP contribution in [0.2, 0.25) is 0 Å². The summed E-state index contributed by atoms with van der Waals surface area (Å²) in [7, 11) is 2.86. The second-order valence-corrected chi connectivity index (χ2v) is 13.7. The Morgan fingerprint density at radius 3 is 2.43 bits per heavy atom. The number of methoxy groups -OCH3 is 2. The zero-order chi connectivity index (χ0) is 36.2. The molecule has 1 aliphatic heterocycles. The van der Waals surface area contributed by atoms with Gasteiger partial charge in [0.2, 0.25) is 35.0 Å². The standard InChI is InChI=1S/C34H39F2N9O6/c1-5-21-27(42-8-10-43(11-9-42)32(49)25-28(47)19(2)14-38-31(25)51-4)29(48)26-30(41-45(40-26)20-6-7-37-24(12-20)50-3)44(21)15-23(46)39-34-16-33(17-34,18-34)13-22(35)36/h6-7,12,14,22H,5,8-11,13,15-18H2,1-4H3,(H,38,47)(H,39,46). The first-order valence-electron chi connectivity index (χ1n) is 16.8. The van der Waals surface area contributed by atoms with Gasteiger partial charge in [0.05, 0.1) is 19.9 Å². The van der Waals surface area contributed by atoms with Crippen LogP contribution < -0.4 is 30.5 Å². The number of aryl methyl sites for hydroxylation is 1. The van der Waals surface area contributed by atoms with Crippen LogP contribution in [0.15, 0.2) is 34.1 Å². The second kappa shape index (κ2) is 12.8. The Kier molecular flexibility index (Phi) is 8.54. The predicted molar refractivity (Wildman–Crippen MR) is 181 cm³/mol. The van der Waals surface area contributed by atoms with Gasteiger partial charge in [-0.2, -0.15) is 0 Å². The number of anilines is 1. The maximum Gasteiger partial charge on any atom is 0.263 e. The number of hydrogen-bond acceptors (Lipinski definition) is 10. The van der Waals surface area contributed by atoms with Gasteiger partial charge in [0, 0.05) is 67.9 Å². The van der Waals surface area contributed by atoms with E-state index in [1.807, 2.05) is 11.8 Å². The van der Waals surface area contributed by atoms with Crippen molar-refractivity contribution in [1.82, 2.24) is 39.7 Å². The smallest absolute Gasteiger partial charge is 0.263 e. The van der Waals surface area contributed by atoms with Gasteiger partial charge in [-0.05, 0) is 44.1 Å². The number of carbonyl (C=O) groups excluding carboxylic acids is 2. The van der Waals surface area contributed by atoms with Crippen LogP contribution in [0.4, 0.5) is 14.5 Å². The number of nitrogens with one attached hydrogen (secondary N) is 2. The minimum Gasteiger partial charge on any atom is -0.482 e. The van der Waals surface area contributed by atoms with Gasteiger partial charge in [0.15, 0.2) is 11.2 Å². The van der Waals surface area contributed by atoms with Crippen LogP contribution in [0.25, 0.3) is 16.9 Å². The number of fused-ring (bicyclic) bond motifs is 1. The summed E-state index contributed by atoms with van der Waals surface area (Å²) in [4.78, 5) is 66.1. The fraction of sp³-hybridized carbons (Fsp3) is 0.500. The molecule has 4 aromatic heterocycles. The molecule has 17 heteroatoms. The molecule has 0 atom stereocenters. The molecule has 3 saturated carbocycles. The number of alkyl halides is 2. The molecule has 51 heavy (non-hydrogen) atoms. The highest BCUT2D eigenvalue weighted by atomic mass is 19.3. The van der Waals surface area contributed by atoms with Crippen LogP contribution in [0.5, 0.6) is 11.8 Å². The first-order chi connectivity index (χ1) is 24.4. The number of rotatable bonds is 11. The Bertz CT molecular complexity index is 2130. The van der Waals surface area contributed by atoms with E-state index in [4.69, 9.17) is 9.47 Å². The van der Waals surface area contributed by atoms with Crippen LogP contribution in [0.3, 0.4) is 0 Å². The molecule has 8 rings (SSSR count). The Labute approximate surface area is 290 Å². The zero-order valence-corrected chi connectivity index (χ0v) is 28.8. The summed E-state index contributed by atoms with van der Waals surface area (Å²) in [5.74, 6) is -0.398. The highest BCUT2D eigenvalue weighted by Crippen LogP contribution is 2.69. The van der Waals surface area contributed by atoms with Crippen molar-refractivity contribution in [2.75, 3.05) is 45.3 Å². The first-order valence-corrected chi connectivity index (χ1v) is 16.8. The van der Waals surface area contributed by atoms with E-state index in [0.717, 1.165) is 0 Å². The number of ether oxygens (including phenoxy) is 2. The molecule has 1 saturated heterocycles. The zero-order valence-electron chi connectivity index (χ0n) is 28.8. The third kappa shape index (κ3) is 5.87. The molecule has 0 aromatic carbocycles. The second-order valence-electron chi connectivity index (χ2n) is 13.7.